The van der Waals surface area contributed by atoms with Crippen LogP contribution in [0.3, 0.4) is 0 Å². The molecule has 3 aromatic rings. The standard InChI is InChI=1S/C25H31NO/c1-3-4-5-10-17-26-18-24-23-14-9-8-12-21(23)15-16-25(24)27-19-22-13-7-6-11-20(22)2/h6-9,11-16,26H,3-5,10,17-19H2,1-2H3. The molecule has 0 atom stereocenters. The smallest absolute Gasteiger partial charge is 0.124 e. The average Bonchev–Trinajstić information content (AvgIpc) is 2.70. The first-order chi connectivity index (χ1) is 13.3. The Labute approximate surface area is 163 Å². The van der Waals surface area contributed by atoms with E-state index in [9.17, 15) is 0 Å². The van der Waals surface area contributed by atoms with E-state index in [4.69, 9.17) is 4.74 Å². The molecule has 3 aromatic carbocycles. The third-order valence-electron chi connectivity index (χ3n) is 5.15. The largest absolute Gasteiger partial charge is 0.489 e. The Kier molecular flexibility index (Phi) is 7.29. The van der Waals surface area contributed by atoms with Crippen LogP contribution in [-0.2, 0) is 13.2 Å². The SMILES string of the molecule is CCCCCCNCc1c(OCc2ccccc2C)ccc2ccccc12. The summed E-state index contributed by atoms with van der Waals surface area (Å²) in [5.41, 5.74) is 3.77. The van der Waals surface area contributed by atoms with Crippen LogP contribution in [-0.4, -0.2) is 6.54 Å². The Morgan fingerprint density at radius 3 is 2.52 bits per heavy atom. The van der Waals surface area contributed by atoms with E-state index in [-0.39, 0.29) is 0 Å². The second-order valence-corrected chi connectivity index (χ2v) is 7.22. The van der Waals surface area contributed by atoms with Gasteiger partial charge in [0.25, 0.3) is 0 Å². The molecule has 0 saturated heterocycles. The lowest BCUT2D eigenvalue weighted by molar-refractivity contribution is 0.302. The van der Waals surface area contributed by atoms with Crippen molar-refractivity contribution in [3.63, 3.8) is 0 Å². The Morgan fingerprint density at radius 2 is 1.67 bits per heavy atom. The minimum absolute atomic E-state index is 0.606. The van der Waals surface area contributed by atoms with Crippen LogP contribution < -0.4 is 10.1 Å². The zero-order valence-electron chi connectivity index (χ0n) is 16.6. The van der Waals surface area contributed by atoms with Crippen molar-refractivity contribution in [3.05, 3.63) is 77.4 Å². The Balaban J connectivity index is 1.74. The number of fused-ring (bicyclic) bond motifs is 1. The van der Waals surface area contributed by atoms with Gasteiger partial charge in [-0.3, -0.25) is 0 Å². The highest BCUT2D eigenvalue weighted by atomic mass is 16.5. The number of nitrogens with one attached hydrogen (secondary N) is 1. The number of aryl methyl sites for hydroxylation is 1. The van der Waals surface area contributed by atoms with Gasteiger partial charge in [-0.15, -0.1) is 0 Å². The number of benzene rings is 3. The van der Waals surface area contributed by atoms with Gasteiger partial charge in [-0.1, -0.05) is 80.8 Å². The van der Waals surface area contributed by atoms with E-state index < -0.39 is 0 Å². The normalized spacial score (nSPS) is 11.0. The summed E-state index contributed by atoms with van der Waals surface area (Å²) in [4.78, 5) is 0. The molecule has 2 nitrogen and oxygen atoms in total. The monoisotopic (exact) mass is 361 g/mol. The van der Waals surface area contributed by atoms with Gasteiger partial charge in [-0.05, 0) is 47.9 Å². The van der Waals surface area contributed by atoms with Crippen molar-refractivity contribution in [1.29, 1.82) is 0 Å². The second-order valence-electron chi connectivity index (χ2n) is 7.22. The van der Waals surface area contributed by atoms with Gasteiger partial charge in [-0.2, -0.15) is 0 Å². The van der Waals surface area contributed by atoms with E-state index in [1.807, 2.05) is 0 Å². The van der Waals surface area contributed by atoms with E-state index in [1.54, 1.807) is 0 Å². The summed E-state index contributed by atoms with van der Waals surface area (Å²) < 4.78 is 6.27. The fourth-order valence-electron chi connectivity index (χ4n) is 3.45. The highest BCUT2D eigenvalue weighted by molar-refractivity contribution is 5.87. The number of unbranched alkanes of at least 4 members (excludes halogenated alkanes) is 3. The lowest BCUT2D eigenvalue weighted by Crippen LogP contribution is -2.16. The Hall–Kier alpha value is -2.32. The van der Waals surface area contributed by atoms with Crippen LogP contribution >= 0.6 is 0 Å². The van der Waals surface area contributed by atoms with Crippen molar-refractivity contribution < 1.29 is 4.74 Å². The molecular formula is C25H31NO. The molecule has 0 spiro atoms. The molecule has 0 unspecified atom stereocenters. The number of ether oxygens (including phenoxy) is 1. The lowest BCUT2D eigenvalue weighted by atomic mass is 10.0. The summed E-state index contributed by atoms with van der Waals surface area (Å²) in [7, 11) is 0. The summed E-state index contributed by atoms with van der Waals surface area (Å²) in [6.07, 6.45) is 5.13. The Bertz CT molecular complexity index is 856. The van der Waals surface area contributed by atoms with Crippen LogP contribution in [0.15, 0.2) is 60.7 Å². The first-order valence-corrected chi connectivity index (χ1v) is 10.2. The van der Waals surface area contributed by atoms with Crippen LogP contribution in [0.2, 0.25) is 0 Å². The van der Waals surface area contributed by atoms with E-state index in [2.05, 4.69) is 79.8 Å². The predicted octanol–water partition coefficient (Wildman–Crippen LogP) is 6.40. The van der Waals surface area contributed by atoms with Crippen LogP contribution in [0.25, 0.3) is 10.8 Å². The first-order valence-electron chi connectivity index (χ1n) is 10.2. The van der Waals surface area contributed by atoms with Crippen LogP contribution in [0.4, 0.5) is 0 Å². The van der Waals surface area contributed by atoms with Crippen LogP contribution in [0, 0.1) is 6.92 Å². The molecule has 0 aliphatic rings. The lowest BCUT2D eigenvalue weighted by Gasteiger charge is -2.16. The maximum Gasteiger partial charge on any atom is 0.124 e. The van der Waals surface area contributed by atoms with Crippen molar-refractivity contribution in [3.8, 4) is 5.75 Å². The van der Waals surface area contributed by atoms with Crippen LogP contribution in [0.5, 0.6) is 5.75 Å². The third kappa shape index (κ3) is 5.33. The number of rotatable bonds is 10. The molecule has 0 aromatic heterocycles. The van der Waals surface area contributed by atoms with Crippen molar-refractivity contribution in [1.82, 2.24) is 5.32 Å². The molecule has 0 fully saturated rings. The highest BCUT2D eigenvalue weighted by Gasteiger charge is 2.09. The molecule has 0 saturated carbocycles. The summed E-state index contributed by atoms with van der Waals surface area (Å²) in [5.74, 6) is 0.984. The molecule has 2 heteroatoms. The van der Waals surface area contributed by atoms with Gasteiger partial charge in [0.2, 0.25) is 0 Å². The van der Waals surface area contributed by atoms with Crippen molar-refractivity contribution >= 4 is 10.8 Å². The zero-order chi connectivity index (χ0) is 18.9. The van der Waals surface area contributed by atoms with Gasteiger partial charge < -0.3 is 10.1 Å². The molecule has 0 aliphatic heterocycles. The maximum atomic E-state index is 6.27. The molecule has 0 aliphatic carbocycles. The van der Waals surface area contributed by atoms with E-state index >= 15 is 0 Å². The fourth-order valence-corrected chi connectivity index (χ4v) is 3.45. The second kappa shape index (κ2) is 10.1. The average molecular weight is 362 g/mol. The molecule has 0 bridgehead atoms. The van der Waals surface area contributed by atoms with Gasteiger partial charge in [0.05, 0.1) is 0 Å². The van der Waals surface area contributed by atoms with Crippen molar-refractivity contribution in [2.75, 3.05) is 6.54 Å². The minimum Gasteiger partial charge on any atom is -0.489 e. The summed E-state index contributed by atoms with van der Waals surface area (Å²) in [6.45, 7) is 6.89. The van der Waals surface area contributed by atoms with Crippen LogP contribution in [0.1, 0.15) is 49.3 Å². The first kappa shape index (κ1) is 19.4. The molecule has 0 radical (unpaired) electrons. The molecular weight excluding hydrogens is 330 g/mol. The zero-order valence-corrected chi connectivity index (χ0v) is 16.6. The third-order valence-corrected chi connectivity index (χ3v) is 5.15. The molecule has 142 valence electrons. The van der Waals surface area contributed by atoms with Gasteiger partial charge in [-0.25, -0.2) is 0 Å². The Morgan fingerprint density at radius 1 is 0.852 bits per heavy atom. The fraction of sp³-hybridized carbons (Fsp3) is 0.360. The van der Waals surface area contributed by atoms with Gasteiger partial charge in [0.15, 0.2) is 0 Å². The quantitative estimate of drug-likeness (QED) is 0.422. The highest BCUT2D eigenvalue weighted by Crippen LogP contribution is 2.29. The molecule has 27 heavy (non-hydrogen) atoms. The molecule has 3 rings (SSSR count). The molecule has 0 amide bonds. The maximum absolute atomic E-state index is 6.27. The van der Waals surface area contributed by atoms with E-state index in [0.717, 1.165) is 18.8 Å². The number of hydrogen-bond donors (Lipinski definition) is 1. The topological polar surface area (TPSA) is 21.3 Å². The summed E-state index contributed by atoms with van der Waals surface area (Å²) >= 11 is 0. The minimum atomic E-state index is 0.606. The molecule has 1 N–H and O–H groups in total. The number of hydrogen-bond acceptors (Lipinski definition) is 2. The van der Waals surface area contributed by atoms with Gasteiger partial charge in [0.1, 0.15) is 12.4 Å². The van der Waals surface area contributed by atoms with E-state index in [1.165, 1.54) is 53.1 Å². The van der Waals surface area contributed by atoms with Crippen molar-refractivity contribution in [2.24, 2.45) is 0 Å². The molecule has 0 heterocycles. The van der Waals surface area contributed by atoms with E-state index in [0.29, 0.717) is 6.61 Å². The van der Waals surface area contributed by atoms with Gasteiger partial charge >= 0.3 is 0 Å². The van der Waals surface area contributed by atoms with Gasteiger partial charge in [0, 0.05) is 12.1 Å². The summed E-state index contributed by atoms with van der Waals surface area (Å²) in [5, 5.41) is 6.17. The predicted molar refractivity (Wildman–Crippen MR) is 115 cm³/mol. The summed E-state index contributed by atoms with van der Waals surface area (Å²) in [6, 6.07) is 21.3. The van der Waals surface area contributed by atoms with Crippen molar-refractivity contribution in [2.45, 2.75) is 52.7 Å².